The zero-order valence-electron chi connectivity index (χ0n) is 13.6. The second kappa shape index (κ2) is 7.01. The second-order valence-electron chi connectivity index (χ2n) is 5.89. The molecule has 1 aliphatic heterocycles. The number of nitrogens with zero attached hydrogens (tertiary/aromatic N) is 6. The van der Waals surface area contributed by atoms with E-state index in [9.17, 15) is 4.79 Å². The molecule has 1 aliphatic rings. The number of hydrogen-bond acceptors (Lipinski definition) is 7. The highest BCUT2D eigenvalue weighted by molar-refractivity contribution is 4.97. The van der Waals surface area contributed by atoms with Gasteiger partial charge in [-0.15, -0.1) is 0 Å². The molecule has 3 rings (SSSR count). The first kappa shape index (κ1) is 15.8. The minimum Gasteiger partial charge on any atom is -0.338 e. The maximum atomic E-state index is 11.8. The maximum Gasteiger partial charge on any atom is 0.266 e. The molecule has 1 saturated heterocycles. The number of rotatable bonds is 5. The summed E-state index contributed by atoms with van der Waals surface area (Å²) in [6.45, 7) is 9.73. The molecule has 2 aromatic heterocycles. The lowest BCUT2D eigenvalue weighted by molar-refractivity contribution is 0.113. The van der Waals surface area contributed by atoms with Crippen LogP contribution in [0.5, 0.6) is 0 Å². The van der Waals surface area contributed by atoms with Crippen molar-refractivity contribution in [3.05, 3.63) is 39.9 Å². The van der Waals surface area contributed by atoms with E-state index in [-0.39, 0.29) is 5.56 Å². The van der Waals surface area contributed by atoms with E-state index in [0.717, 1.165) is 38.4 Å². The van der Waals surface area contributed by atoms with Gasteiger partial charge in [0.2, 0.25) is 5.89 Å². The molecule has 8 nitrogen and oxygen atoms in total. The Morgan fingerprint density at radius 2 is 1.83 bits per heavy atom. The maximum absolute atomic E-state index is 11.8. The Morgan fingerprint density at radius 1 is 1.09 bits per heavy atom. The summed E-state index contributed by atoms with van der Waals surface area (Å²) in [4.78, 5) is 20.6. The van der Waals surface area contributed by atoms with Crippen molar-refractivity contribution in [3.8, 4) is 0 Å². The molecule has 0 spiro atoms. The smallest absolute Gasteiger partial charge is 0.266 e. The summed E-state index contributed by atoms with van der Waals surface area (Å²) in [5.41, 5.74) is 0.824. The third-order valence-electron chi connectivity index (χ3n) is 4.02. The predicted octanol–water partition coefficient (Wildman–Crippen LogP) is 0.0609. The molecule has 124 valence electrons. The van der Waals surface area contributed by atoms with Crippen LogP contribution >= 0.6 is 0 Å². The summed E-state index contributed by atoms with van der Waals surface area (Å²) in [5.74, 6) is 1.35. The minimum absolute atomic E-state index is 0.0407. The van der Waals surface area contributed by atoms with Crippen molar-refractivity contribution in [1.29, 1.82) is 0 Å². The average molecular weight is 318 g/mol. The van der Waals surface area contributed by atoms with Gasteiger partial charge in [0, 0.05) is 38.8 Å². The Hall–Kier alpha value is -2.06. The van der Waals surface area contributed by atoms with Crippen molar-refractivity contribution in [2.45, 2.75) is 26.9 Å². The summed E-state index contributed by atoms with van der Waals surface area (Å²) in [7, 11) is 0. The van der Waals surface area contributed by atoms with Gasteiger partial charge in [-0.25, -0.2) is 4.68 Å². The number of piperazine rings is 1. The van der Waals surface area contributed by atoms with Crippen molar-refractivity contribution in [3.63, 3.8) is 0 Å². The van der Waals surface area contributed by atoms with Gasteiger partial charge < -0.3 is 4.52 Å². The minimum atomic E-state index is -0.0407. The molecule has 3 heterocycles. The Kier molecular flexibility index (Phi) is 4.82. The van der Waals surface area contributed by atoms with E-state index in [1.165, 1.54) is 0 Å². The first-order valence-corrected chi connectivity index (χ1v) is 7.89. The molecule has 0 atom stereocenters. The molecule has 23 heavy (non-hydrogen) atoms. The SMILES string of the molecule is Cc1ccc(=O)n(CCN2CCN(Cc3nc(C)no3)CC2)n1. The Morgan fingerprint density at radius 3 is 2.52 bits per heavy atom. The third-order valence-corrected chi connectivity index (χ3v) is 4.02. The van der Waals surface area contributed by atoms with Crippen LogP contribution in [0.4, 0.5) is 0 Å². The lowest BCUT2D eigenvalue weighted by Crippen LogP contribution is -2.47. The van der Waals surface area contributed by atoms with Gasteiger partial charge in [-0.2, -0.15) is 10.1 Å². The summed E-state index contributed by atoms with van der Waals surface area (Å²) in [5, 5.41) is 8.08. The molecule has 0 unspecified atom stereocenters. The van der Waals surface area contributed by atoms with Crippen LogP contribution in [-0.2, 0) is 13.1 Å². The lowest BCUT2D eigenvalue weighted by Gasteiger charge is -2.33. The standard InChI is InChI=1S/C15H22N6O2/c1-12-3-4-15(22)21(17-12)10-9-19-5-7-20(8-6-19)11-14-16-13(2)18-23-14/h3-4H,5-11H2,1-2H3. The van der Waals surface area contributed by atoms with E-state index in [2.05, 4.69) is 25.0 Å². The average Bonchev–Trinajstić information content (AvgIpc) is 2.95. The van der Waals surface area contributed by atoms with Crippen LogP contribution in [0.1, 0.15) is 17.4 Å². The molecule has 0 bridgehead atoms. The first-order valence-electron chi connectivity index (χ1n) is 7.89. The van der Waals surface area contributed by atoms with Crippen LogP contribution < -0.4 is 5.56 Å². The second-order valence-corrected chi connectivity index (χ2v) is 5.89. The molecule has 0 aliphatic carbocycles. The third kappa shape index (κ3) is 4.23. The highest BCUT2D eigenvalue weighted by atomic mass is 16.5. The zero-order chi connectivity index (χ0) is 16.2. The van der Waals surface area contributed by atoms with Gasteiger partial charge in [0.05, 0.1) is 18.8 Å². The van der Waals surface area contributed by atoms with E-state index in [1.807, 2.05) is 13.8 Å². The van der Waals surface area contributed by atoms with Gasteiger partial charge in [0.15, 0.2) is 5.82 Å². The number of hydrogen-bond donors (Lipinski definition) is 0. The van der Waals surface area contributed by atoms with Crippen LogP contribution in [0.15, 0.2) is 21.5 Å². The Bertz CT molecular complexity index is 702. The largest absolute Gasteiger partial charge is 0.338 e. The summed E-state index contributed by atoms with van der Waals surface area (Å²) < 4.78 is 6.71. The van der Waals surface area contributed by atoms with E-state index >= 15 is 0 Å². The number of aromatic nitrogens is 4. The highest BCUT2D eigenvalue weighted by Crippen LogP contribution is 2.07. The lowest BCUT2D eigenvalue weighted by atomic mass is 10.3. The van der Waals surface area contributed by atoms with E-state index in [1.54, 1.807) is 16.8 Å². The molecule has 8 heteroatoms. The fourth-order valence-corrected chi connectivity index (χ4v) is 2.71. The van der Waals surface area contributed by atoms with Gasteiger partial charge in [-0.1, -0.05) is 5.16 Å². The highest BCUT2D eigenvalue weighted by Gasteiger charge is 2.18. The molecule has 0 aromatic carbocycles. The normalized spacial score (nSPS) is 16.8. The number of aryl methyl sites for hydroxylation is 2. The van der Waals surface area contributed by atoms with Gasteiger partial charge in [0.25, 0.3) is 5.56 Å². The Labute approximate surface area is 134 Å². The quantitative estimate of drug-likeness (QED) is 0.771. The van der Waals surface area contributed by atoms with Gasteiger partial charge in [0.1, 0.15) is 0 Å². The van der Waals surface area contributed by atoms with Gasteiger partial charge in [-0.3, -0.25) is 14.6 Å². The van der Waals surface area contributed by atoms with E-state index in [4.69, 9.17) is 4.52 Å². The molecular weight excluding hydrogens is 296 g/mol. The van der Waals surface area contributed by atoms with Crippen molar-refractivity contribution in [1.82, 2.24) is 29.7 Å². The molecule has 0 saturated carbocycles. The topological polar surface area (TPSA) is 80.3 Å². The molecule has 0 radical (unpaired) electrons. The summed E-state index contributed by atoms with van der Waals surface area (Å²) in [6, 6.07) is 3.32. The van der Waals surface area contributed by atoms with Crippen LogP contribution in [-0.4, -0.2) is 62.4 Å². The zero-order valence-corrected chi connectivity index (χ0v) is 13.6. The van der Waals surface area contributed by atoms with E-state index < -0.39 is 0 Å². The molecular formula is C15H22N6O2. The van der Waals surface area contributed by atoms with Crippen molar-refractivity contribution in [2.75, 3.05) is 32.7 Å². The van der Waals surface area contributed by atoms with Gasteiger partial charge >= 0.3 is 0 Å². The molecule has 0 N–H and O–H groups in total. The van der Waals surface area contributed by atoms with Crippen molar-refractivity contribution in [2.24, 2.45) is 0 Å². The van der Waals surface area contributed by atoms with Crippen molar-refractivity contribution < 1.29 is 4.52 Å². The monoisotopic (exact) mass is 318 g/mol. The first-order chi connectivity index (χ1) is 11.1. The van der Waals surface area contributed by atoms with E-state index in [0.29, 0.717) is 24.8 Å². The summed E-state index contributed by atoms with van der Waals surface area (Å²) >= 11 is 0. The van der Waals surface area contributed by atoms with Crippen molar-refractivity contribution >= 4 is 0 Å². The van der Waals surface area contributed by atoms with Crippen LogP contribution in [0.3, 0.4) is 0 Å². The summed E-state index contributed by atoms with van der Waals surface area (Å²) in [6.07, 6.45) is 0. The molecule has 1 fully saturated rings. The van der Waals surface area contributed by atoms with Gasteiger partial charge in [-0.05, 0) is 19.9 Å². The fourth-order valence-electron chi connectivity index (χ4n) is 2.71. The van der Waals surface area contributed by atoms with Crippen LogP contribution in [0.25, 0.3) is 0 Å². The van der Waals surface area contributed by atoms with Crippen LogP contribution in [0, 0.1) is 13.8 Å². The fraction of sp³-hybridized carbons (Fsp3) is 0.600. The molecule has 2 aromatic rings. The predicted molar refractivity (Wildman–Crippen MR) is 84.0 cm³/mol. The Balaban J connectivity index is 1.46. The van der Waals surface area contributed by atoms with Crippen LogP contribution in [0.2, 0.25) is 0 Å². The molecule has 0 amide bonds.